The van der Waals surface area contributed by atoms with Crippen molar-refractivity contribution in [3.63, 3.8) is 0 Å². The molecule has 1 saturated heterocycles. The first-order valence-corrected chi connectivity index (χ1v) is 7.84. The van der Waals surface area contributed by atoms with Crippen molar-refractivity contribution >= 4 is 15.7 Å². The summed E-state index contributed by atoms with van der Waals surface area (Å²) >= 11 is 0. The maximum atomic E-state index is 12.6. The number of nitro benzene ring substituents is 1. The van der Waals surface area contributed by atoms with Gasteiger partial charge in [-0.2, -0.15) is 4.31 Å². The molecule has 9 heteroatoms. The second kappa shape index (κ2) is 5.96. The van der Waals surface area contributed by atoms with E-state index in [0.717, 1.165) is 6.07 Å². The molecule has 1 aliphatic heterocycles. The summed E-state index contributed by atoms with van der Waals surface area (Å²) in [5, 5.41) is 13.9. The van der Waals surface area contributed by atoms with Crippen LogP contribution in [0.1, 0.15) is 6.42 Å². The number of methoxy groups -OCH3 is 1. The zero-order valence-electron chi connectivity index (χ0n) is 11.8. The largest absolute Gasteiger partial charge is 0.495 e. The highest BCUT2D eigenvalue weighted by Crippen LogP contribution is 2.31. The van der Waals surface area contributed by atoms with Crippen LogP contribution in [0.4, 0.5) is 5.69 Å². The van der Waals surface area contributed by atoms with Gasteiger partial charge >= 0.3 is 0 Å². The summed E-state index contributed by atoms with van der Waals surface area (Å²) in [4.78, 5) is 10.0. The molecule has 0 radical (unpaired) electrons. The van der Waals surface area contributed by atoms with Gasteiger partial charge in [0.05, 0.1) is 12.0 Å². The van der Waals surface area contributed by atoms with Gasteiger partial charge in [-0.3, -0.25) is 10.1 Å². The van der Waals surface area contributed by atoms with Crippen molar-refractivity contribution in [1.29, 1.82) is 0 Å². The number of ether oxygens (including phenoxy) is 1. The Kier molecular flexibility index (Phi) is 4.45. The zero-order valence-corrected chi connectivity index (χ0v) is 12.6. The average molecular weight is 315 g/mol. The molecule has 1 unspecified atom stereocenters. The van der Waals surface area contributed by atoms with Gasteiger partial charge in [0, 0.05) is 31.3 Å². The topological polar surface area (TPSA) is 102 Å². The molecule has 1 N–H and O–H groups in total. The fraction of sp³-hybridized carbons (Fsp3) is 0.500. The molecule has 0 bridgehead atoms. The number of benzene rings is 1. The van der Waals surface area contributed by atoms with E-state index in [0.29, 0.717) is 19.5 Å². The van der Waals surface area contributed by atoms with Crippen LogP contribution < -0.4 is 10.1 Å². The van der Waals surface area contributed by atoms with E-state index >= 15 is 0 Å². The Balaban J connectivity index is 2.43. The van der Waals surface area contributed by atoms with Crippen LogP contribution in [0.2, 0.25) is 0 Å². The van der Waals surface area contributed by atoms with E-state index in [1.54, 1.807) is 7.05 Å². The average Bonchev–Trinajstić information content (AvgIpc) is 2.96. The fourth-order valence-corrected chi connectivity index (χ4v) is 3.98. The lowest BCUT2D eigenvalue weighted by Crippen LogP contribution is -2.33. The molecule has 21 heavy (non-hydrogen) atoms. The standard InChI is InChI=1S/C12H17N3O5S/c1-13-9-5-6-14(8-9)21(18,19)12-7-10(15(16)17)3-4-11(12)20-2/h3-4,7,9,13H,5-6,8H2,1-2H3. The normalized spacial score (nSPS) is 19.6. The van der Waals surface area contributed by atoms with Crippen LogP contribution in [-0.2, 0) is 10.0 Å². The summed E-state index contributed by atoms with van der Waals surface area (Å²) in [5.74, 6) is 0.105. The lowest BCUT2D eigenvalue weighted by molar-refractivity contribution is -0.385. The van der Waals surface area contributed by atoms with Gasteiger partial charge in [0.1, 0.15) is 10.6 Å². The SMILES string of the molecule is CNC1CCN(S(=O)(=O)c2cc([N+](=O)[O-])ccc2OC)C1. The molecule has 1 atom stereocenters. The van der Waals surface area contributed by atoms with Gasteiger partial charge < -0.3 is 10.1 Å². The summed E-state index contributed by atoms with van der Waals surface area (Å²) in [6.07, 6.45) is 0.701. The van der Waals surface area contributed by atoms with E-state index in [1.165, 1.54) is 23.5 Å². The van der Waals surface area contributed by atoms with Crippen LogP contribution >= 0.6 is 0 Å². The molecule has 1 aromatic rings. The highest BCUT2D eigenvalue weighted by Gasteiger charge is 2.34. The van der Waals surface area contributed by atoms with E-state index < -0.39 is 14.9 Å². The molecule has 0 aliphatic carbocycles. The van der Waals surface area contributed by atoms with Crippen molar-refractivity contribution in [3.05, 3.63) is 28.3 Å². The number of rotatable bonds is 5. The summed E-state index contributed by atoms with van der Waals surface area (Å²) in [6, 6.07) is 3.65. The molecule has 1 aromatic carbocycles. The predicted molar refractivity (Wildman–Crippen MR) is 75.9 cm³/mol. The van der Waals surface area contributed by atoms with Gasteiger partial charge in [-0.15, -0.1) is 0 Å². The van der Waals surface area contributed by atoms with Gasteiger partial charge in [-0.25, -0.2) is 8.42 Å². The van der Waals surface area contributed by atoms with Crippen LogP contribution in [0, 0.1) is 10.1 Å². The Morgan fingerprint density at radius 3 is 2.71 bits per heavy atom. The van der Waals surface area contributed by atoms with Gasteiger partial charge in [-0.1, -0.05) is 0 Å². The number of nitro groups is 1. The van der Waals surface area contributed by atoms with Crippen molar-refractivity contribution in [2.24, 2.45) is 0 Å². The summed E-state index contributed by atoms with van der Waals surface area (Å²) in [6.45, 7) is 0.713. The van der Waals surface area contributed by atoms with E-state index in [9.17, 15) is 18.5 Å². The highest BCUT2D eigenvalue weighted by molar-refractivity contribution is 7.89. The molecule has 0 aromatic heterocycles. The molecule has 0 spiro atoms. The first-order valence-electron chi connectivity index (χ1n) is 6.40. The molecule has 0 amide bonds. The van der Waals surface area contributed by atoms with E-state index in [4.69, 9.17) is 4.74 Å². The van der Waals surface area contributed by atoms with Crippen molar-refractivity contribution in [3.8, 4) is 5.75 Å². The molecule has 2 rings (SSSR count). The van der Waals surface area contributed by atoms with Crippen molar-refractivity contribution in [1.82, 2.24) is 9.62 Å². The molecule has 1 heterocycles. The monoisotopic (exact) mass is 315 g/mol. The highest BCUT2D eigenvalue weighted by atomic mass is 32.2. The van der Waals surface area contributed by atoms with Crippen LogP contribution in [0.15, 0.2) is 23.1 Å². The quantitative estimate of drug-likeness (QED) is 0.630. The number of nitrogens with one attached hydrogen (secondary N) is 1. The molecule has 1 fully saturated rings. The van der Waals surface area contributed by atoms with Gasteiger partial charge in [0.15, 0.2) is 0 Å². The molecule has 116 valence electrons. The third-order valence-corrected chi connectivity index (χ3v) is 5.42. The maximum absolute atomic E-state index is 12.6. The van der Waals surface area contributed by atoms with Gasteiger partial charge in [0.25, 0.3) is 5.69 Å². The smallest absolute Gasteiger partial charge is 0.271 e. The van der Waals surface area contributed by atoms with E-state index in [1.807, 2.05) is 0 Å². The minimum absolute atomic E-state index is 0.0875. The fourth-order valence-electron chi connectivity index (χ4n) is 2.30. The molecule has 8 nitrogen and oxygen atoms in total. The molecular weight excluding hydrogens is 298 g/mol. The van der Waals surface area contributed by atoms with Crippen molar-refractivity contribution in [2.45, 2.75) is 17.4 Å². The van der Waals surface area contributed by atoms with Crippen molar-refractivity contribution < 1.29 is 18.1 Å². The maximum Gasteiger partial charge on any atom is 0.271 e. The summed E-state index contributed by atoms with van der Waals surface area (Å²) in [7, 11) is -0.710. The number of hydrogen-bond acceptors (Lipinski definition) is 6. The van der Waals surface area contributed by atoms with Crippen LogP contribution in [-0.4, -0.2) is 50.9 Å². The van der Waals surface area contributed by atoms with E-state index in [2.05, 4.69) is 5.32 Å². The minimum Gasteiger partial charge on any atom is -0.495 e. The number of likely N-dealkylation sites (N-methyl/N-ethyl adjacent to an activating group) is 1. The first-order chi connectivity index (χ1) is 9.90. The lowest BCUT2D eigenvalue weighted by atomic mass is 10.3. The van der Waals surface area contributed by atoms with Crippen LogP contribution in [0.25, 0.3) is 0 Å². The second-order valence-corrected chi connectivity index (χ2v) is 6.64. The molecular formula is C12H17N3O5S. The first kappa shape index (κ1) is 15.7. The minimum atomic E-state index is -3.82. The summed E-state index contributed by atoms with van der Waals surface area (Å²) < 4.78 is 31.6. The van der Waals surface area contributed by atoms with Crippen LogP contribution in [0.3, 0.4) is 0 Å². The Labute approximate surface area is 122 Å². The predicted octanol–water partition coefficient (Wildman–Crippen LogP) is 0.586. The number of hydrogen-bond donors (Lipinski definition) is 1. The van der Waals surface area contributed by atoms with Gasteiger partial charge in [-0.05, 0) is 19.5 Å². The Bertz CT molecular complexity index is 646. The number of non-ortho nitro benzene ring substituents is 1. The Morgan fingerprint density at radius 1 is 1.48 bits per heavy atom. The molecule has 0 saturated carbocycles. The Morgan fingerprint density at radius 2 is 2.19 bits per heavy atom. The third-order valence-electron chi connectivity index (χ3n) is 3.54. The second-order valence-electron chi connectivity index (χ2n) is 4.73. The van der Waals surface area contributed by atoms with Crippen LogP contribution in [0.5, 0.6) is 5.75 Å². The van der Waals surface area contributed by atoms with Gasteiger partial charge in [0.2, 0.25) is 10.0 Å². The number of sulfonamides is 1. The zero-order chi connectivity index (χ0) is 15.6. The Hall–Kier alpha value is -1.71. The molecule has 1 aliphatic rings. The van der Waals surface area contributed by atoms with Crippen molar-refractivity contribution in [2.75, 3.05) is 27.2 Å². The third kappa shape index (κ3) is 2.99. The lowest BCUT2D eigenvalue weighted by Gasteiger charge is -2.18. The summed E-state index contributed by atoms with van der Waals surface area (Å²) in [5.41, 5.74) is -0.279. The number of nitrogens with zero attached hydrogens (tertiary/aromatic N) is 2. The van der Waals surface area contributed by atoms with E-state index in [-0.39, 0.29) is 22.4 Å².